The Bertz CT molecular complexity index is 505. The highest BCUT2D eigenvalue weighted by atomic mass is 15.4. The molecule has 0 bridgehead atoms. The highest BCUT2D eigenvalue weighted by Gasteiger charge is 2.45. The summed E-state index contributed by atoms with van der Waals surface area (Å²) in [6, 6.07) is 8.68. The number of guanidine groups is 1. The van der Waals surface area contributed by atoms with Crippen LogP contribution in [-0.4, -0.2) is 18.0 Å². The Labute approximate surface area is 121 Å². The first-order valence-electron chi connectivity index (χ1n) is 7.81. The van der Waals surface area contributed by atoms with E-state index in [1.54, 1.807) is 0 Å². The second-order valence-electron chi connectivity index (χ2n) is 6.44. The van der Waals surface area contributed by atoms with Crippen molar-refractivity contribution < 1.29 is 0 Å². The molecule has 1 aliphatic heterocycles. The monoisotopic (exact) mass is 271 g/mol. The standard InChI is InChI=1S/C17H25N3/c1-3-14-5-4-10-17(11-14)12-19-16(18)20(17)15-8-6-13(2)7-9-15/h6-9,14H,3-5,10-12H2,1-2H3,(H2,18,19). The summed E-state index contributed by atoms with van der Waals surface area (Å²) in [5.41, 5.74) is 8.84. The molecule has 3 heteroatoms. The van der Waals surface area contributed by atoms with E-state index >= 15 is 0 Å². The lowest BCUT2D eigenvalue weighted by Gasteiger charge is -2.44. The zero-order valence-electron chi connectivity index (χ0n) is 12.6. The molecule has 3 nitrogen and oxygen atoms in total. The molecule has 2 atom stereocenters. The van der Waals surface area contributed by atoms with Crippen LogP contribution in [0.25, 0.3) is 0 Å². The molecule has 1 heterocycles. The largest absolute Gasteiger partial charge is 0.369 e. The van der Waals surface area contributed by atoms with Crippen LogP contribution in [0.5, 0.6) is 0 Å². The molecule has 1 saturated carbocycles. The lowest BCUT2D eigenvalue weighted by molar-refractivity contribution is 0.235. The SMILES string of the molecule is CCC1CCCC2(CN=C(N)N2c2ccc(C)cc2)C1. The number of hydrogen-bond donors (Lipinski definition) is 1. The fraction of sp³-hybridized carbons (Fsp3) is 0.588. The molecule has 1 aliphatic carbocycles. The molecule has 2 N–H and O–H groups in total. The number of aliphatic imine (C=N–C) groups is 1. The van der Waals surface area contributed by atoms with E-state index in [-0.39, 0.29) is 5.54 Å². The minimum Gasteiger partial charge on any atom is -0.369 e. The van der Waals surface area contributed by atoms with Gasteiger partial charge in [-0.05, 0) is 37.8 Å². The third-order valence-electron chi connectivity index (χ3n) is 5.03. The highest BCUT2D eigenvalue weighted by molar-refractivity contribution is 5.98. The summed E-state index contributed by atoms with van der Waals surface area (Å²) in [5, 5.41) is 0. The molecule has 1 fully saturated rings. The van der Waals surface area contributed by atoms with Crippen LogP contribution in [0.1, 0.15) is 44.6 Å². The summed E-state index contributed by atoms with van der Waals surface area (Å²) in [5.74, 6) is 1.52. The van der Waals surface area contributed by atoms with Gasteiger partial charge in [-0.25, -0.2) is 0 Å². The topological polar surface area (TPSA) is 41.6 Å². The lowest BCUT2D eigenvalue weighted by Crippen LogP contribution is -2.54. The Morgan fingerprint density at radius 1 is 1.35 bits per heavy atom. The minimum atomic E-state index is 0.137. The van der Waals surface area contributed by atoms with Crippen molar-refractivity contribution in [3.05, 3.63) is 29.8 Å². The Morgan fingerprint density at radius 2 is 2.10 bits per heavy atom. The van der Waals surface area contributed by atoms with Gasteiger partial charge in [-0.3, -0.25) is 4.99 Å². The summed E-state index contributed by atoms with van der Waals surface area (Å²) >= 11 is 0. The summed E-state index contributed by atoms with van der Waals surface area (Å²) in [6.45, 7) is 5.29. The number of rotatable bonds is 2. The van der Waals surface area contributed by atoms with Crippen LogP contribution in [0.15, 0.2) is 29.3 Å². The van der Waals surface area contributed by atoms with Crippen LogP contribution in [0, 0.1) is 12.8 Å². The quantitative estimate of drug-likeness (QED) is 0.895. The van der Waals surface area contributed by atoms with Gasteiger partial charge in [0, 0.05) is 5.69 Å². The van der Waals surface area contributed by atoms with Gasteiger partial charge in [-0.1, -0.05) is 43.9 Å². The zero-order valence-corrected chi connectivity index (χ0v) is 12.6. The van der Waals surface area contributed by atoms with Crippen molar-refractivity contribution in [2.75, 3.05) is 11.4 Å². The highest BCUT2D eigenvalue weighted by Crippen LogP contribution is 2.42. The van der Waals surface area contributed by atoms with E-state index in [2.05, 4.69) is 48.0 Å². The first-order chi connectivity index (χ1) is 9.64. The van der Waals surface area contributed by atoms with E-state index in [1.165, 1.54) is 43.4 Å². The van der Waals surface area contributed by atoms with Crippen LogP contribution >= 0.6 is 0 Å². The number of hydrogen-bond acceptors (Lipinski definition) is 3. The molecule has 2 aliphatic rings. The Hall–Kier alpha value is -1.51. The summed E-state index contributed by atoms with van der Waals surface area (Å²) in [7, 11) is 0. The smallest absolute Gasteiger partial charge is 0.196 e. The van der Waals surface area contributed by atoms with Gasteiger partial charge in [0.2, 0.25) is 0 Å². The second kappa shape index (κ2) is 5.12. The maximum atomic E-state index is 6.22. The Morgan fingerprint density at radius 3 is 2.80 bits per heavy atom. The van der Waals surface area contributed by atoms with E-state index in [9.17, 15) is 0 Å². The predicted octanol–water partition coefficient (Wildman–Crippen LogP) is 3.47. The van der Waals surface area contributed by atoms with Crippen molar-refractivity contribution >= 4 is 11.6 Å². The molecule has 3 rings (SSSR count). The van der Waals surface area contributed by atoms with Crippen molar-refractivity contribution in [1.82, 2.24) is 0 Å². The molecule has 0 amide bonds. The third-order valence-corrected chi connectivity index (χ3v) is 5.03. The normalized spacial score (nSPS) is 29.8. The predicted molar refractivity (Wildman–Crippen MR) is 85.1 cm³/mol. The van der Waals surface area contributed by atoms with E-state index in [0.29, 0.717) is 5.96 Å². The van der Waals surface area contributed by atoms with Crippen LogP contribution < -0.4 is 10.6 Å². The molecule has 1 aromatic rings. The molecule has 1 spiro atoms. The van der Waals surface area contributed by atoms with Gasteiger partial charge in [0.15, 0.2) is 5.96 Å². The number of benzene rings is 1. The average molecular weight is 271 g/mol. The number of nitrogens with zero attached hydrogens (tertiary/aromatic N) is 2. The number of nitrogens with two attached hydrogens (primary N) is 1. The van der Waals surface area contributed by atoms with Crippen molar-refractivity contribution in [2.24, 2.45) is 16.6 Å². The van der Waals surface area contributed by atoms with Gasteiger partial charge < -0.3 is 10.6 Å². The van der Waals surface area contributed by atoms with Crippen LogP contribution in [0.4, 0.5) is 5.69 Å². The van der Waals surface area contributed by atoms with Crippen molar-refractivity contribution in [1.29, 1.82) is 0 Å². The van der Waals surface area contributed by atoms with Gasteiger partial charge in [0.1, 0.15) is 0 Å². The average Bonchev–Trinajstić information content (AvgIpc) is 2.77. The molecule has 0 aromatic heterocycles. The van der Waals surface area contributed by atoms with Gasteiger partial charge >= 0.3 is 0 Å². The van der Waals surface area contributed by atoms with E-state index in [4.69, 9.17) is 5.73 Å². The number of anilines is 1. The number of aryl methyl sites for hydroxylation is 1. The zero-order chi connectivity index (χ0) is 14.2. The fourth-order valence-corrected chi connectivity index (χ4v) is 3.87. The van der Waals surface area contributed by atoms with Crippen LogP contribution in [0.3, 0.4) is 0 Å². The molecule has 108 valence electrons. The second-order valence-corrected chi connectivity index (χ2v) is 6.44. The Kier molecular flexibility index (Phi) is 3.45. The van der Waals surface area contributed by atoms with Crippen molar-refractivity contribution in [3.8, 4) is 0 Å². The molecule has 0 saturated heterocycles. The van der Waals surface area contributed by atoms with Gasteiger partial charge in [0.05, 0.1) is 12.1 Å². The van der Waals surface area contributed by atoms with E-state index < -0.39 is 0 Å². The first-order valence-corrected chi connectivity index (χ1v) is 7.81. The van der Waals surface area contributed by atoms with Gasteiger partial charge in [0.25, 0.3) is 0 Å². The summed E-state index contributed by atoms with van der Waals surface area (Å²) < 4.78 is 0. The first kappa shape index (κ1) is 13.5. The van der Waals surface area contributed by atoms with Crippen LogP contribution in [-0.2, 0) is 0 Å². The van der Waals surface area contributed by atoms with Gasteiger partial charge in [-0.15, -0.1) is 0 Å². The third kappa shape index (κ3) is 2.19. The molecule has 20 heavy (non-hydrogen) atoms. The molecule has 2 unspecified atom stereocenters. The molecule has 1 aromatic carbocycles. The van der Waals surface area contributed by atoms with E-state index in [0.717, 1.165) is 12.5 Å². The molecular formula is C17H25N3. The van der Waals surface area contributed by atoms with E-state index in [1.807, 2.05) is 0 Å². The fourth-order valence-electron chi connectivity index (χ4n) is 3.87. The molecule has 0 radical (unpaired) electrons. The Balaban J connectivity index is 1.93. The summed E-state index contributed by atoms with van der Waals surface area (Å²) in [4.78, 5) is 6.90. The van der Waals surface area contributed by atoms with Crippen molar-refractivity contribution in [3.63, 3.8) is 0 Å². The van der Waals surface area contributed by atoms with Crippen molar-refractivity contribution in [2.45, 2.75) is 51.5 Å². The van der Waals surface area contributed by atoms with Gasteiger partial charge in [-0.2, -0.15) is 0 Å². The summed E-state index contributed by atoms with van der Waals surface area (Å²) in [6.07, 6.45) is 6.36. The minimum absolute atomic E-state index is 0.137. The maximum Gasteiger partial charge on any atom is 0.196 e. The van der Waals surface area contributed by atoms with Crippen LogP contribution in [0.2, 0.25) is 0 Å². The molecular weight excluding hydrogens is 246 g/mol. The lowest BCUT2D eigenvalue weighted by atomic mass is 9.74. The maximum absolute atomic E-state index is 6.22.